The van der Waals surface area contributed by atoms with Crippen molar-refractivity contribution < 1.29 is 4.79 Å². The molecule has 0 saturated carbocycles. The minimum absolute atomic E-state index is 0.103. The Hall–Kier alpha value is -0.610. The molecule has 0 saturated heterocycles. The van der Waals surface area contributed by atoms with Crippen molar-refractivity contribution in [2.24, 2.45) is 5.73 Å². The highest BCUT2D eigenvalue weighted by Gasteiger charge is 2.33. The summed E-state index contributed by atoms with van der Waals surface area (Å²) in [5, 5.41) is 0. The third-order valence-corrected chi connectivity index (χ3v) is 3.29. The predicted molar refractivity (Wildman–Crippen MR) is 72.9 cm³/mol. The maximum atomic E-state index is 12.4. The Balaban J connectivity index is 4.62. The van der Waals surface area contributed by atoms with Gasteiger partial charge in [-0.25, -0.2) is 0 Å². The number of likely N-dealkylation sites (N-methyl/N-ethyl adjacent to an activating group) is 1. The van der Waals surface area contributed by atoms with Crippen LogP contribution in [0.1, 0.15) is 40.0 Å². The van der Waals surface area contributed by atoms with Crippen LogP contribution in [-0.2, 0) is 4.79 Å². The Morgan fingerprint density at radius 2 is 1.59 bits per heavy atom. The molecule has 4 nitrogen and oxygen atoms in total. The van der Waals surface area contributed by atoms with Crippen molar-refractivity contribution in [1.82, 2.24) is 9.80 Å². The molecule has 1 amide bonds. The monoisotopic (exact) mass is 243 g/mol. The van der Waals surface area contributed by atoms with Crippen molar-refractivity contribution in [3.8, 4) is 0 Å². The summed E-state index contributed by atoms with van der Waals surface area (Å²) >= 11 is 0. The SMILES string of the molecule is CCCN(CCN(C)C)C(=O)C(N)(CC)CC. The summed E-state index contributed by atoms with van der Waals surface area (Å²) in [6, 6.07) is 0. The number of hydrogen-bond acceptors (Lipinski definition) is 3. The molecule has 2 N–H and O–H groups in total. The summed E-state index contributed by atoms with van der Waals surface area (Å²) in [7, 11) is 4.04. The van der Waals surface area contributed by atoms with Gasteiger partial charge in [0.05, 0.1) is 5.54 Å². The zero-order chi connectivity index (χ0) is 13.5. The molecular weight excluding hydrogens is 214 g/mol. The van der Waals surface area contributed by atoms with Gasteiger partial charge >= 0.3 is 0 Å². The van der Waals surface area contributed by atoms with Gasteiger partial charge in [0.2, 0.25) is 5.91 Å². The van der Waals surface area contributed by atoms with Crippen LogP contribution in [0.3, 0.4) is 0 Å². The van der Waals surface area contributed by atoms with E-state index in [2.05, 4.69) is 11.8 Å². The highest BCUT2D eigenvalue weighted by atomic mass is 16.2. The molecule has 17 heavy (non-hydrogen) atoms. The molecular formula is C13H29N3O. The lowest BCUT2D eigenvalue weighted by molar-refractivity contribution is -0.137. The van der Waals surface area contributed by atoms with E-state index in [1.54, 1.807) is 0 Å². The highest BCUT2D eigenvalue weighted by Crippen LogP contribution is 2.15. The van der Waals surface area contributed by atoms with Gasteiger partial charge in [-0.2, -0.15) is 0 Å². The van der Waals surface area contributed by atoms with Crippen LogP contribution in [0.25, 0.3) is 0 Å². The molecule has 0 unspecified atom stereocenters. The number of amides is 1. The van der Waals surface area contributed by atoms with Crippen LogP contribution in [0.15, 0.2) is 0 Å². The van der Waals surface area contributed by atoms with Gasteiger partial charge in [-0.3, -0.25) is 4.79 Å². The molecule has 0 rings (SSSR count). The number of nitrogens with two attached hydrogens (primary N) is 1. The zero-order valence-corrected chi connectivity index (χ0v) is 12.1. The molecule has 0 bridgehead atoms. The lowest BCUT2D eigenvalue weighted by Gasteiger charge is -2.33. The van der Waals surface area contributed by atoms with Crippen LogP contribution in [0.5, 0.6) is 0 Å². The first kappa shape index (κ1) is 16.4. The smallest absolute Gasteiger partial charge is 0.242 e. The third-order valence-electron chi connectivity index (χ3n) is 3.29. The lowest BCUT2D eigenvalue weighted by atomic mass is 9.92. The second kappa shape index (κ2) is 7.67. The molecule has 0 aromatic heterocycles. The maximum absolute atomic E-state index is 12.4. The van der Waals surface area contributed by atoms with Gasteiger partial charge in [0.25, 0.3) is 0 Å². The zero-order valence-electron chi connectivity index (χ0n) is 12.1. The molecule has 102 valence electrons. The van der Waals surface area contributed by atoms with E-state index in [9.17, 15) is 4.79 Å². The van der Waals surface area contributed by atoms with E-state index < -0.39 is 5.54 Å². The highest BCUT2D eigenvalue weighted by molar-refractivity contribution is 5.86. The third kappa shape index (κ3) is 5.04. The van der Waals surface area contributed by atoms with Crippen molar-refractivity contribution >= 4 is 5.91 Å². The van der Waals surface area contributed by atoms with Gasteiger partial charge in [0.15, 0.2) is 0 Å². The molecule has 0 aromatic carbocycles. The predicted octanol–water partition coefficient (Wildman–Crippen LogP) is 1.30. The van der Waals surface area contributed by atoms with Crippen molar-refractivity contribution in [1.29, 1.82) is 0 Å². The first-order chi connectivity index (χ1) is 7.91. The van der Waals surface area contributed by atoms with Crippen LogP contribution < -0.4 is 5.73 Å². The molecule has 0 spiro atoms. The van der Waals surface area contributed by atoms with E-state index in [-0.39, 0.29) is 5.91 Å². The minimum atomic E-state index is -0.679. The Labute approximate surface area is 106 Å². The van der Waals surface area contributed by atoms with Crippen molar-refractivity contribution in [3.05, 3.63) is 0 Å². The summed E-state index contributed by atoms with van der Waals surface area (Å²) < 4.78 is 0. The molecule has 0 aromatic rings. The standard InChI is InChI=1S/C13H29N3O/c1-6-9-16(11-10-15(4)5)12(17)13(14,7-2)8-3/h6-11,14H2,1-5H3. The summed E-state index contributed by atoms with van der Waals surface area (Å²) in [5.41, 5.74) is 5.49. The summed E-state index contributed by atoms with van der Waals surface area (Å²) in [6.45, 7) is 8.50. The number of carbonyl (C=O) groups is 1. The Kier molecular flexibility index (Phi) is 7.39. The molecule has 0 aliphatic carbocycles. The van der Waals surface area contributed by atoms with E-state index in [1.807, 2.05) is 32.8 Å². The van der Waals surface area contributed by atoms with Gasteiger partial charge < -0.3 is 15.5 Å². The van der Waals surface area contributed by atoms with Crippen LogP contribution in [0, 0.1) is 0 Å². The number of nitrogens with zero attached hydrogens (tertiary/aromatic N) is 2. The van der Waals surface area contributed by atoms with E-state index in [1.165, 1.54) is 0 Å². The van der Waals surface area contributed by atoms with Crippen molar-refractivity contribution in [2.45, 2.75) is 45.6 Å². The van der Waals surface area contributed by atoms with E-state index in [0.29, 0.717) is 12.8 Å². The second-order valence-corrected chi connectivity index (χ2v) is 4.96. The topological polar surface area (TPSA) is 49.6 Å². The largest absolute Gasteiger partial charge is 0.340 e. The molecule has 0 atom stereocenters. The van der Waals surface area contributed by atoms with Gasteiger partial charge in [-0.15, -0.1) is 0 Å². The van der Waals surface area contributed by atoms with Gasteiger partial charge in [-0.05, 0) is 33.4 Å². The fourth-order valence-electron chi connectivity index (χ4n) is 1.77. The Morgan fingerprint density at radius 1 is 1.06 bits per heavy atom. The van der Waals surface area contributed by atoms with Crippen molar-refractivity contribution in [3.63, 3.8) is 0 Å². The maximum Gasteiger partial charge on any atom is 0.242 e. The van der Waals surface area contributed by atoms with Gasteiger partial charge in [0, 0.05) is 19.6 Å². The molecule has 0 fully saturated rings. The fraction of sp³-hybridized carbons (Fsp3) is 0.923. The summed E-state index contributed by atoms with van der Waals surface area (Å²) in [5.74, 6) is 0.103. The lowest BCUT2D eigenvalue weighted by Crippen LogP contribution is -2.55. The van der Waals surface area contributed by atoms with Gasteiger partial charge in [-0.1, -0.05) is 20.8 Å². The van der Waals surface area contributed by atoms with Crippen LogP contribution in [0.4, 0.5) is 0 Å². The Morgan fingerprint density at radius 3 is 1.94 bits per heavy atom. The van der Waals surface area contributed by atoms with E-state index >= 15 is 0 Å². The second-order valence-electron chi connectivity index (χ2n) is 4.96. The average molecular weight is 243 g/mol. The molecule has 0 aliphatic rings. The summed E-state index contributed by atoms with van der Waals surface area (Å²) in [6.07, 6.45) is 2.37. The van der Waals surface area contributed by atoms with Crippen LogP contribution in [-0.4, -0.2) is 55.0 Å². The quantitative estimate of drug-likeness (QED) is 0.699. The molecule has 4 heteroatoms. The first-order valence-corrected chi connectivity index (χ1v) is 6.64. The number of carbonyl (C=O) groups excluding carboxylic acids is 1. The molecule has 0 aliphatic heterocycles. The van der Waals surface area contributed by atoms with Crippen LogP contribution >= 0.6 is 0 Å². The fourth-order valence-corrected chi connectivity index (χ4v) is 1.77. The molecule has 0 heterocycles. The van der Waals surface area contributed by atoms with E-state index in [4.69, 9.17) is 5.73 Å². The minimum Gasteiger partial charge on any atom is -0.340 e. The summed E-state index contributed by atoms with van der Waals surface area (Å²) in [4.78, 5) is 16.4. The molecule has 0 radical (unpaired) electrons. The Bertz CT molecular complexity index is 225. The van der Waals surface area contributed by atoms with Crippen molar-refractivity contribution in [2.75, 3.05) is 33.7 Å². The van der Waals surface area contributed by atoms with E-state index in [0.717, 1.165) is 26.1 Å². The normalized spacial score (nSPS) is 11.9. The average Bonchev–Trinajstić information content (AvgIpc) is 2.32. The number of rotatable bonds is 8. The van der Waals surface area contributed by atoms with Crippen LogP contribution in [0.2, 0.25) is 0 Å². The number of hydrogen-bond donors (Lipinski definition) is 1. The first-order valence-electron chi connectivity index (χ1n) is 6.64. The van der Waals surface area contributed by atoms with Gasteiger partial charge in [0.1, 0.15) is 0 Å².